The summed E-state index contributed by atoms with van der Waals surface area (Å²) in [4.78, 5) is 10.5. The fourth-order valence-electron chi connectivity index (χ4n) is 1.28. The summed E-state index contributed by atoms with van der Waals surface area (Å²) in [5, 5.41) is 31.7. The topological polar surface area (TPSA) is 111 Å². The molecule has 0 fully saturated rings. The number of hydrogen-bond acceptors (Lipinski definition) is 5. The van der Waals surface area contributed by atoms with Crippen molar-refractivity contribution < 1.29 is 24.9 Å². The van der Waals surface area contributed by atoms with Crippen molar-refractivity contribution in [3.8, 4) is 11.5 Å². The summed E-state index contributed by atoms with van der Waals surface area (Å²) < 4.78 is 5.03. The molecule has 0 saturated heterocycles. The van der Waals surface area contributed by atoms with Gasteiger partial charge in [0.1, 0.15) is 11.5 Å². The van der Waals surface area contributed by atoms with Gasteiger partial charge in [0, 0.05) is 18.7 Å². The highest BCUT2D eigenvalue weighted by Gasteiger charge is 2.11. The molecule has 0 aliphatic heterocycles. The van der Waals surface area contributed by atoms with E-state index in [-0.39, 0.29) is 18.0 Å². The van der Waals surface area contributed by atoms with E-state index in [9.17, 15) is 9.90 Å². The number of carbonyl (C=O) groups is 1. The molecule has 0 heterocycles. The highest BCUT2D eigenvalue weighted by Crippen LogP contribution is 2.35. The molecule has 0 atom stereocenters. The fraction of sp³-hybridized carbons (Fsp3) is 0.300. The van der Waals surface area contributed by atoms with E-state index in [0.717, 1.165) is 0 Å². The Morgan fingerprint density at radius 2 is 2.12 bits per heavy atom. The molecule has 7 heteroatoms. The molecule has 1 amide bonds. The number of aliphatic hydroxyl groups is 1. The highest BCUT2D eigenvalue weighted by molar-refractivity contribution is 5.87. The molecule has 0 saturated carbocycles. The van der Waals surface area contributed by atoms with Crippen LogP contribution in [0.3, 0.4) is 0 Å². The van der Waals surface area contributed by atoms with Crippen molar-refractivity contribution in [2.45, 2.75) is 0 Å². The fourth-order valence-corrected chi connectivity index (χ4v) is 1.28. The summed E-state index contributed by atoms with van der Waals surface area (Å²) in [6, 6.07) is 2.67. The van der Waals surface area contributed by atoms with Gasteiger partial charge in [0.15, 0.2) is 0 Å². The molecule has 0 bridgehead atoms. The lowest BCUT2D eigenvalue weighted by molar-refractivity contribution is 0.209. The average molecular weight is 242 g/mol. The standard InChI is InChI=1S/C10H14N2O5/c1-17-9-5-6(12-10(15)16)8(14)4-7(9)11-2-3-13/h4-5,11-14H,2-3H2,1H3,(H,15,16). The number of aromatic hydroxyl groups is 1. The summed E-state index contributed by atoms with van der Waals surface area (Å²) in [6.07, 6.45) is -1.28. The van der Waals surface area contributed by atoms with Crippen LogP contribution in [-0.4, -0.2) is 41.7 Å². The van der Waals surface area contributed by atoms with Crippen molar-refractivity contribution in [2.24, 2.45) is 0 Å². The molecule has 0 radical (unpaired) electrons. The maximum Gasteiger partial charge on any atom is 0.409 e. The highest BCUT2D eigenvalue weighted by atomic mass is 16.5. The van der Waals surface area contributed by atoms with Crippen LogP contribution in [-0.2, 0) is 0 Å². The van der Waals surface area contributed by atoms with E-state index in [1.165, 1.54) is 19.2 Å². The minimum Gasteiger partial charge on any atom is -0.506 e. The summed E-state index contributed by atoms with van der Waals surface area (Å²) in [7, 11) is 1.42. The second-order valence-corrected chi connectivity index (χ2v) is 3.15. The molecule has 0 aliphatic carbocycles. The van der Waals surface area contributed by atoms with E-state index < -0.39 is 6.09 Å². The van der Waals surface area contributed by atoms with Gasteiger partial charge in [-0.1, -0.05) is 0 Å². The molecule has 94 valence electrons. The van der Waals surface area contributed by atoms with Gasteiger partial charge in [-0.3, -0.25) is 5.32 Å². The van der Waals surface area contributed by atoms with Gasteiger partial charge in [-0.25, -0.2) is 4.79 Å². The van der Waals surface area contributed by atoms with Crippen LogP contribution in [0.4, 0.5) is 16.2 Å². The van der Waals surface area contributed by atoms with Crippen LogP contribution in [0.5, 0.6) is 11.5 Å². The first-order valence-corrected chi connectivity index (χ1v) is 4.84. The predicted molar refractivity (Wildman–Crippen MR) is 61.9 cm³/mol. The summed E-state index contributed by atoms with van der Waals surface area (Å²) in [5.74, 6) is 0.133. The van der Waals surface area contributed by atoms with E-state index in [1.54, 1.807) is 0 Å². The SMILES string of the molecule is COc1cc(NC(=O)O)c(O)cc1NCCO. The second kappa shape index (κ2) is 5.80. The van der Waals surface area contributed by atoms with E-state index in [1.807, 2.05) is 5.32 Å². The Morgan fingerprint density at radius 1 is 1.41 bits per heavy atom. The minimum absolute atomic E-state index is 0.0314. The van der Waals surface area contributed by atoms with Crippen LogP contribution >= 0.6 is 0 Å². The van der Waals surface area contributed by atoms with E-state index in [4.69, 9.17) is 14.9 Å². The van der Waals surface area contributed by atoms with Gasteiger partial charge in [-0.15, -0.1) is 0 Å². The molecule has 5 N–H and O–H groups in total. The van der Waals surface area contributed by atoms with Crippen molar-refractivity contribution in [1.29, 1.82) is 0 Å². The third-order valence-electron chi connectivity index (χ3n) is 1.99. The molecule has 1 rings (SSSR count). The number of phenolic OH excluding ortho intramolecular Hbond substituents is 1. The minimum atomic E-state index is -1.28. The molecule has 1 aromatic rings. The number of nitrogens with one attached hydrogen (secondary N) is 2. The van der Waals surface area contributed by atoms with Crippen molar-refractivity contribution in [3.63, 3.8) is 0 Å². The van der Waals surface area contributed by atoms with Crippen molar-refractivity contribution >= 4 is 17.5 Å². The quantitative estimate of drug-likeness (QED) is 0.490. The number of carboxylic acid groups (broad SMARTS) is 1. The number of benzene rings is 1. The number of anilines is 2. The molecule has 0 unspecified atom stereocenters. The molecule has 0 spiro atoms. The lowest BCUT2D eigenvalue weighted by Gasteiger charge is -2.13. The van der Waals surface area contributed by atoms with Crippen molar-refractivity contribution in [2.75, 3.05) is 30.9 Å². The van der Waals surface area contributed by atoms with Crippen molar-refractivity contribution in [3.05, 3.63) is 12.1 Å². The Morgan fingerprint density at radius 3 is 2.65 bits per heavy atom. The largest absolute Gasteiger partial charge is 0.506 e. The Hall–Kier alpha value is -2.15. The average Bonchev–Trinajstić information content (AvgIpc) is 2.28. The van der Waals surface area contributed by atoms with Gasteiger partial charge < -0.3 is 25.4 Å². The second-order valence-electron chi connectivity index (χ2n) is 3.15. The number of rotatable bonds is 5. The monoisotopic (exact) mass is 242 g/mol. The summed E-state index contributed by atoms with van der Waals surface area (Å²) in [5.41, 5.74) is 0.499. The number of aliphatic hydroxyl groups excluding tert-OH is 1. The molecular formula is C10H14N2O5. The Bertz CT molecular complexity index is 408. The first-order chi connectivity index (χ1) is 8.08. The van der Waals surface area contributed by atoms with Gasteiger partial charge in [-0.05, 0) is 0 Å². The van der Waals surface area contributed by atoms with Gasteiger partial charge >= 0.3 is 6.09 Å². The predicted octanol–water partition coefficient (Wildman–Crippen LogP) is 0.895. The van der Waals surface area contributed by atoms with Crippen molar-refractivity contribution in [1.82, 2.24) is 0 Å². The molecular weight excluding hydrogens is 228 g/mol. The van der Waals surface area contributed by atoms with E-state index >= 15 is 0 Å². The van der Waals surface area contributed by atoms with Crippen LogP contribution < -0.4 is 15.4 Å². The smallest absolute Gasteiger partial charge is 0.409 e. The van der Waals surface area contributed by atoms with Gasteiger partial charge in [-0.2, -0.15) is 0 Å². The van der Waals surface area contributed by atoms with E-state index in [0.29, 0.717) is 18.0 Å². The zero-order valence-corrected chi connectivity index (χ0v) is 9.23. The molecule has 7 nitrogen and oxygen atoms in total. The summed E-state index contributed by atoms with van der Waals surface area (Å²) in [6.45, 7) is 0.223. The third kappa shape index (κ3) is 3.42. The Kier molecular flexibility index (Phi) is 4.41. The van der Waals surface area contributed by atoms with Crippen LogP contribution in [0.1, 0.15) is 0 Å². The number of hydrogen-bond donors (Lipinski definition) is 5. The Balaban J connectivity index is 3.01. The van der Waals surface area contributed by atoms with Gasteiger partial charge in [0.2, 0.25) is 0 Å². The Labute approximate surface area is 97.6 Å². The van der Waals surface area contributed by atoms with Crippen LogP contribution in [0, 0.1) is 0 Å². The molecule has 0 aliphatic rings. The lowest BCUT2D eigenvalue weighted by atomic mass is 10.2. The number of ether oxygens (including phenoxy) is 1. The maximum atomic E-state index is 10.5. The number of phenols is 1. The maximum absolute atomic E-state index is 10.5. The van der Waals surface area contributed by atoms with Gasteiger partial charge in [0.25, 0.3) is 0 Å². The summed E-state index contributed by atoms with van der Waals surface area (Å²) >= 11 is 0. The van der Waals surface area contributed by atoms with Gasteiger partial charge in [0.05, 0.1) is 25.1 Å². The first-order valence-electron chi connectivity index (χ1n) is 4.84. The molecule has 17 heavy (non-hydrogen) atoms. The molecule has 0 aromatic heterocycles. The zero-order chi connectivity index (χ0) is 12.8. The molecule has 1 aromatic carbocycles. The normalized spacial score (nSPS) is 9.76. The van der Waals surface area contributed by atoms with E-state index in [2.05, 4.69) is 5.32 Å². The van der Waals surface area contributed by atoms with Crippen LogP contribution in [0.25, 0.3) is 0 Å². The van der Waals surface area contributed by atoms with Crippen LogP contribution in [0.15, 0.2) is 12.1 Å². The first kappa shape index (κ1) is 12.9. The lowest BCUT2D eigenvalue weighted by Crippen LogP contribution is -2.09. The third-order valence-corrected chi connectivity index (χ3v) is 1.99. The number of methoxy groups -OCH3 is 1. The number of amides is 1. The zero-order valence-electron chi connectivity index (χ0n) is 9.23. The van der Waals surface area contributed by atoms with Crippen LogP contribution in [0.2, 0.25) is 0 Å².